The molecule has 0 spiro atoms. The van der Waals surface area contributed by atoms with E-state index in [1.165, 1.54) is 0 Å². The Balaban J connectivity index is 3.32. The van der Waals surface area contributed by atoms with Crippen LogP contribution < -0.4 is 4.72 Å². The van der Waals surface area contributed by atoms with E-state index < -0.39 is 38.1 Å². The Labute approximate surface area is 99.1 Å². The third-order valence-corrected chi connectivity index (χ3v) is 3.03. The van der Waals surface area contributed by atoms with Gasteiger partial charge in [-0.15, -0.1) is 0 Å². The minimum absolute atomic E-state index is 0.208. The summed E-state index contributed by atoms with van der Waals surface area (Å²) in [5.74, 6) is 0. The summed E-state index contributed by atoms with van der Waals surface area (Å²) in [5.41, 5.74) is -0.606. The zero-order valence-electron chi connectivity index (χ0n) is 8.10. The zero-order valence-corrected chi connectivity index (χ0v) is 9.73. The van der Waals surface area contributed by atoms with E-state index in [1.807, 2.05) is 4.72 Å². The maximum atomic E-state index is 10.8. The van der Waals surface area contributed by atoms with Crippen molar-refractivity contribution in [1.29, 1.82) is 0 Å². The number of rotatable bonds is 4. The standard InChI is InChI=1S/C7H9NO7S2/c9-7(10)5-3-4(17(13,14)15)1-2-6(5)8-16(11)12/h1-3,7-10H,(H,11,12)(H,13,14,15)/p-1. The van der Waals surface area contributed by atoms with Gasteiger partial charge in [-0.1, -0.05) is 0 Å². The average molecular weight is 282 g/mol. The van der Waals surface area contributed by atoms with E-state index >= 15 is 0 Å². The number of aliphatic hydroxyl groups is 2. The van der Waals surface area contributed by atoms with Crippen LogP contribution in [0.1, 0.15) is 11.9 Å². The number of benzene rings is 1. The molecule has 4 N–H and O–H groups in total. The second-order valence-electron chi connectivity index (χ2n) is 2.93. The number of hydrogen-bond acceptors (Lipinski definition) is 6. The number of nitrogens with one attached hydrogen (secondary N) is 1. The highest BCUT2D eigenvalue weighted by Gasteiger charge is 2.16. The molecule has 1 atom stereocenters. The van der Waals surface area contributed by atoms with Gasteiger partial charge < -0.3 is 19.5 Å². The highest BCUT2D eigenvalue weighted by atomic mass is 32.2. The Morgan fingerprint density at radius 2 is 1.94 bits per heavy atom. The summed E-state index contributed by atoms with van der Waals surface area (Å²) < 4.78 is 52.9. The van der Waals surface area contributed by atoms with Crippen LogP contribution in [-0.2, 0) is 21.4 Å². The summed E-state index contributed by atoms with van der Waals surface area (Å²) in [6, 6.07) is 2.64. The van der Waals surface area contributed by atoms with Crippen molar-refractivity contribution in [3.05, 3.63) is 23.8 Å². The van der Waals surface area contributed by atoms with Crippen molar-refractivity contribution >= 4 is 27.1 Å². The molecule has 0 heterocycles. The van der Waals surface area contributed by atoms with Gasteiger partial charge in [-0.2, -0.15) is 8.42 Å². The molecule has 1 aromatic rings. The second kappa shape index (κ2) is 5.08. The summed E-state index contributed by atoms with van der Waals surface area (Å²) in [5, 5.41) is 17.9. The number of aliphatic hydroxyl groups excluding tert-OH is 1. The van der Waals surface area contributed by atoms with Gasteiger partial charge in [-0.3, -0.25) is 8.76 Å². The van der Waals surface area contributed by atoms with Crippen LogP contribution in [0.5, 0.6) is 0 Å². The maximum absolute atomic E-state index is 10.8. The fraction of sp³-hybridized carbons (Fsp3) is 0.143. The highest BCUT2D eigenvalue weighted by molar-refractivity contribution is 7.85. The van der Waals surface area contributed by atoms with Crippen LogP contribution in [0.15, 0.2) is 23.1 Å². The number of anilines is 1. The molecule has 0 saturated carbocycles. The van der Waals surface area contributed by atoms with Crippen LogP contribution in [-0.4, -0.2) is 31.9 Å². The Hall–Kier alpha value is -1.04. The molecule has 0 aliphatic rings. The van der Waals surface area contributed by atoms with Crippen molar-refractivity contribution in [2.24, 2.45) is 0 Å². The molecule has 1 unspecified atom stereocenters. The quantitative estimate of drug-likeness (QED) is 0.318. The van der Waals surface area contributed by atoms with E-state index in [0.29, 0.717) is 0 Å². The molecule has 0 aliphatic heterocycles. The Morgan fingerprint density at radius 3 is 2.35 bits per heavy atom. The molecule has 0 saturated heterocycles. The largest absolute Gasteiger partial charge is 0.755 e. The SMILES string of the molecule is O=S([O-])Nc1ccc(S(=O)(=O)O)cc1C(O)O. The van der Waals surface area contributed by atoms with Crippen molar-refractivity contribution in [2.45, 2.75) is 11.2 Å². The molecule has 17 heavy (non-hydrogen) atoms. The molecule has 0 fully saturated rings. The van der Waals surface area contributed by atoms with Crippen molar-refractivity contribution in [1.82, 2.24) is 0 Å². The monoisotopic (exact) mass is 282 g/mol. The molecule has 0 bridgehead atoms. The van der Waals surface area contributed by atoms with Crippen molar-refractivity contribution in [2.75, 3.05) is 4.72 Å². The summed E-state index contributed by atoms with van der Waals surface area (Å²) in [7, 11) is -4.51. The summed E-state index contributed by atoms with van der Waals surface area (Å²) in [6.45, 7) is 0. The molecule has 1 rings (SSSR count). The Kier molecular flexibility index (Phi) is 4.19. The predicted molar refractivity (Wildman–Crippen MR) is 56.0 cm³/mol. The van der Waals surface area contributed by atoms with Gasteiger partial charge in [0, 0.05) is 16.8 Å². The van der Waals surface area contributed by atoms with Crippen LogP contribution in [0.3, 0.4) is 0 Å². The first-order valence-electron chi connectivity index (χ1n) is 4.05. The summed E-state index contributed by atoms with van der Waals surface area (Å²) >= 11 is -2.71. The molecule has 1 aromatic carbocycles. The normalized spacial score (nSPS) is 13.7. The van der Waals surface area contributed by atoms with E-state index in [0.717, 1.165) is 18.2 Å². The third kappa shape index (κ3) is 3.73. The van der Waals surface area contributed by atoms with E-state index in [4.69, 9.17) is 14.8 Å². The first-order chi connectivity index (χ1) is 7.71. The van der Waals surface area contributed by atoms with Gasteiger partial charge in [-0.05, 0) is 18.2 Å². The lowest BCUT2D eigenvalue weighted by Gasteiger charge is -2.15. The molecule has 0 aromatic heterocycles. The molecular weight excluding hydrogens is 274 g/mol. The number of hydrogen-bond donors (Lipinski definition) is 4. The first-order valence-corrected chi connectivity index (χ1v) is 6.57. The lowest BCUT2D eigenvalue weighted by molar-refractivity contribution is -0.0420. The maximum Gasteiger partial charge on any atom is 0.294 e. The second-order valence-corrected chi connectivity index (χ2v) is 5.03. The molecule has 0 radical (unpaired) electrons. The van der Waals surface area contributed by atoms with Crippen molar-refractivity contribution in [3.63, 3.8) is 0 Å². The van der Waals surface area contributed by atoms with Gasteiger partial charge in [0.25, 0.3) is 10.1 Å². The molecule has 0 amide bonds. The van der Waals surface area contributed by atoms with E-state index in [2.05, 4.69) is 0 Å². The Bertz CT molecular complexity index is 539. The average Bonchev–Trinajstić information content (AvgIpc) is 2.15. The van der Waals surface area contributed by atoms with Gasteiger partial charge >= 0.3 is 0 Å². The van der Waals surface area contributed by atoms with Gasteiger partial charge in [0.1, 0.15) is 0 Å². The van der Waals surface area contributed by atoms with Crippen LogP contribution in [0.2, 0.25) is 0 Å². The minimum Gasteiger partial charge on any atom is -0.755 e. The zero-order chi connectivity index (χ0) is 13.2. The van der Waals surface area contributed by atoms with Crippen molar-refractivity contribution in [3.8, 4) is 0 Å². The van der Waals surface area contributed by atoms with Crippen LogP contribution in [0.4, 0.5) is 5.69 Å². The van der Waals surface area contributed by atoms with Gasteiger partial charge in [0.05, 0.1) is 10.6 Å². The van der Waals surface area contributed by atoms with Crippen molar-refractivity contribution < 1.29 is 31.9 Å². The molecular formula is C7H8NO7S2-. The van der Waals surface area contributed by atoms with E-state index in [9.17, 15) is 17.2 Å². The molecule has 0 aliphatic carbocycles. The molecule has 10 heteroatoms. The first kappa shape index (κ1) is 14.0. The summed E-state index contributed by atoms with van der Waals surface area (Å²) in [4.78, 5) is -0.581. The summed E-state index contributed by atoms with van der Waals surface area (Å²) in [6.07, 6.45) is -2.09. The van der Waals surface area contributed by atoms with E-state index in [-0.39, 0.29) is 5.69 Å². The fourth-order valence-corrected chi connectivity index (χ4v) is 1.98. The smallest absolute Gasteiger partial charge is 0.294 e. The van der Waals surface area contributed by atoms with Crippen LogP contribution in [0.25, 0.3) is 0 Å². The Morgan fingerprint density at radius 1 is 1.35 bits per heavy atom. The van der Waals surface area contributed by atoms with Gasteiger partial charge in [-0.25, -0.2) is 0 Å². The lowest BCUT2D eigenvalue weighted by atomic mass is 10.2. The lowest BCUT2D eigenvalue weighted by Crippen LogP contribution is -2.09. The predicted octanol–water partition coefficient (Wildman–Crippen LogP) is -0.878. The third-order valence-electron chi connectivity index (χ3n) is 1.79. The molecule has 96 valence electrons. The van der Waals surface area contributed by atoms with E-state index in [1.54, 1.807) is 0 Å². The minimum atomic E-state index is -4.51. The molecule has 8 nitrogen and oxygen atoms in total. The van der Waals surface area contributed by atoms with Crippen LogP contribution in [0, 0.1) is 0 Å². The van der Waals surface area contributed by atoms with Crippen LogP contribution >= 0.6 is 0 Å². The fourth-order valence-electron chi connectivity index (χ4n) is 1.10. The van der Waals surface area contributed by atoms with Gasteiger partial charge in [0.2, 0.25) is 0 Å². The topological polar surface area (TPSA) is 147 Å². The van der Waals surface area contributed by atoms with Gasteiger partial charge in [0.15, 0.2) is 6.29 Å². The highest BCUT2D eigenvalue weighted by Crippen LogP contribution is 2.25.